The predicted molar refractivity (Wildman–Crippen MR) is 59.9 cm³/mol. The zero-order valence-corrected chi connectivity index (χ0v) is 9.18. The molecule has 2 rings (SSSR count). The molecule has 0 bridgehead atoms. The third-order valence-electron chi connectivity index (χ3n) is 2.65. The molecule has 0 aliphatic heterocycles. The Morgan fingerprint density at radius 2 is 2.19 bits per heavy atom. The number of fused-ring (bicyclic) bond motifs is 1. The van der Waals surface area contributed by atoms with Gasteiger partial charge in [0.1, 0.15) is 0 Å². The van der Waals surface area contributed by atoms with Crippen LogP contribution in [-0.2, 0) is 16.6 Å². The third-order valence-corrected chi connectivity index (χ3v) is 2.65. The average molecular weight is 219 g/mol. The lowest BCUT2D eigenvalue weighted by Crippen LogP contribution is -2.13. The van der Waals surface area contributed by atoms with E-state index in [4.69, 9.17) is 0 Å². The van der Waals surface area contributed by atoms with Crippen LogP contribution in [0.15, 0.2) is 30.5 Å². The van der Waals surface area contributed by atoms with Gasteiger partial charge in [-0.1, -0.05) is 12.1 Å². The SMILES string of the molecule is COC(=O)C(O)c1ccc2ccn(C)c2c1. The topological polar surface area (TPSA) is 51.5 Å². The van der Waals surface area contributed by atoms with Crippen molar-refractivity contribution >= 4 is 16.9 Å². The van der Waals surface area contributed by atoms with Crippen LogP contribution in [0.3, 0.4) is 0 Å². The maximum absolute atomic E-state index is 11.2. The van der Waals surface area contributed by atoms with E-state index in [0.717, 1.165) is 10.9 Å². The van der Waals surface area contributed by atoms with E-state index in [1.807, 2.05) is 29.9 Å². The van der Waals surface area contributed by atoms with Crippen molar-refractivity contribution in [2.45, 2.75) is 6.10 Å². The van der Waals surface area contributed by atoms with Crippen LogP contribution >= 0.6 is 0 Å². The highest BCUT2D eigenvalue weighted by Crippen LogP contribution is 2.21. The Bertz CT molecular complexity index is 530. The largest absolute Gasteiger partial charge is 0.467 e. The molecule has 2 aromatic rings. The fraction of sp³-hybridized carbons (Fsp3) is 0.250. The number of aryl methyl sites for hydroxylation is 1. The molecule has 0 aliphatic carbocycles. The van der Waals surface area contributed by atoms with Gasteiger partial charge in [-0.15, -0.1) is 0 Å². The smallest absolute Gasteiger partial charge is 0.339 e. The normalized spacial score (nSPS) is 12.7. The summed E-state index contributed by atoms with van der Waals surface area (Å²) in [5, 5.41) is 10.8. The first kappa shape index (κ1) is 10.7. The number of methoxy groups -OCH3 is 1. The van der Waals surface area contributed by atoms with E-state index in [-0.39, 0.29) is 0 Å². The molecule has 1 N–H and O–H groups in total. The van der Waals surface area contributed by atoms with Gasteiger partial charge in [-0.3, -0.25) is 0 Å². The number of nitrogens with zero attached hydrogens (tertiary/aromatic N) is 1. The summed E-state index contributed by atoms with van der Waals surface area (Å²) in [5.41, 5.74) is 1.52. The van der Waals surface area contributed by atoms with E-state index in [2.05, 4.69) is 4.74 Å². The number of hydrogen-bond donors (Lipinski definition) is 1. The van der Waals surface area contributed by atoms with Gasteiger partial charge >= 0.3 is 5.97 Å². The van der Waals surface area contributed by atoms with Gasteiger partial charge in [-0.2, -0.15) is 0 Å². The Hall–Kier alpha value is -1.81. The molecule has 4 nitrogen and oxygen atoms in total. The Kier molecular flexibility index (Phi) is 2.66. The summed E-state index contributed by atoms with van der Waals surface area (Å²) in [7, 11) is 3.17. The molecule has 1 unspecified atom stereocenters. The van der Waals surface area contributed by atoms with Crippen molar-refractivity contribution < 1.29 is 14.6 Å². The molecule has 1 heterocycles. The predicted octanol–water partition coefficient (Wildman–Crippen LogP) is 1.38. The van der Waals surface area contributed by atoms with E-state index in [1.165, 1.54) is 7.11 Å². The van der Waals surface area contributed by atoms with Gasteiger partial charge in [0.05, 0.1) is 7.11 Å². The quantitative estimate of drug-likeness (QED) is 0.776. The summed E-state index contributed by atoms with van der Waals surface area (Å²) in [6.45, 7) is 0. The molecule has 1 aromatic carbocycles. The molecule has 0 spiro atoms. The van der Waals surface area contributed by atoms with E-state index in [0.29, 0.717) is 5.56 Å². The number of aromatic nitrogens is 1. The van der Waals surface area contributed by atoms with Crippen molar-refractivity contribution in [2.75, 3.05) is 7.11 Å². The van der Waals surface area contributed by atoms with Crippen LogP contribution < -0.4 is 0 Å². The van der Waals surface area contributed by atoms with Crippen LogP contribution in [0, 0.1) is 0 Å². The monoisotopic (exact) mass is 219 g/mol. The number of aliphatic hydroxyl groups is 1. The van der Waals surface area contributed by atoms with E-state index in [1.54, 1.807) is 12.1 Å². The number of ether oxygens (including phenoxy) is 1. The number of aliphatic hydroxyl groups excluding tert-OH is 1. The molecule has 4 heteroatoms. The molecular formula is C12H13NO3. The van der Waals surface area contributed by atoms with Gasteiger partial charge in [0, 0.05) is 18.8 Å². The maximum atomic E-state index is 11.2. The fourth-order valence-corrected chi connectivity index (χ4v) is 1.70. The highest BCUT2D eigenvalue weighted by atomic mass is 16.5. The van der Waals surface area contributed by atoms with Gasteiger partial charge in [0.25, 0.3) is 0 Å². The van der Waals surface area contributed by atoms with Crippen LogP contribution in [0.25, 0.3) is 10.9 Å². The lowest BCUT2D eigenvalue weighted by atomic mass is 10.1. The minimum absolute atomic E-state index is 0.543. The minimum atomic E-state index is -1.22. The summed E-state index contributed by atoms with van der Waals surface area (Å²) in [6.07, 6.45) is 0.711. The maximum Gasteiger partial charge on any atom is 0.339 e. The Labute approximate surface area is 93.1 Å². The van der Waals surface area contributed by atoms with Crippen molar-refractivity contribution in [3.05, 3.63) is 36.0 Å². The van der Waals surface area contributed by atoms with Crippen LogP contribution in [0.4, 0.5) is 0 Å². The molecule has 0 aliphatic rings. The van der Waals surface area contributed by atoms with Crippen LogP contribution in [-0.4, -0.2) is 22.8 Å². The summed E-state index contributed by atoms with van der Waals surface area (Å²) >= 11 is 0. The second-order valence-electron chi connectivity index (χ2n) is 3.67. The van der Waals surface area contributed by atoms with Crippen molar-refractivity contribution in [1.82, 2.24) is 4.57 Å². The lowest BCUT2D eigenvalue weighted by Gasteiger charge is -2.09. The Morgan fingerprint density at radius 3 is 2.88 bits per heavy atom. The van der Waals surface area contributed by atoms with Gasteiger partial charge in [-0.25, -0.2) is 4.79 Å². The fourth-order valence-electron chi connectivity index (χ4n) is 1.70. The highest BCUT2D eigenvalue weighted by molar-refractivity contribution is 5.83. The average Bonchev–Trinajstić information content (AvgIpc) is 2.68. The summed E-state index contributed by atoms with van der Waals surface area (Å²) in [6, 6.07) is 7.36. The zero-order chi connectivity index (χ0) is 11.7. The van der Waals surface area contributed by atoms with Crippen molar-refractivity contribution in [2.24, 2.45) is 7.05 Å². The standard InChI is InChI=1S/C12H13NO3/c1-13-6-5-8-3-4-9(7-10(8)13)11(14)12(15)16-2/h3-7,11,14H,1-2H3. The molecule has 1 atom stereocenters. The summed E-state index contributed by atoms with van der Waals surface area (Å²) < 4.78 is 6.43. The third kappa shape index (κ3) is 1.67. The summed E-state index contributed by atoms with van der Waals surface area (Å²) in [4.78, 5) is 11.2. The van der Waals surface area contributed by atoms with E-state index in [9.17, 15) is 9.90 Å². The van der Waals surface area contributed by atoms with E-state index >= 15 is 0 Å². The van der Waals surface area contributed by atoms with Crippen molar-refractivity contribution in [3.63, 3.8) is 0 Å². The van der Waals surface area contributed by atoms with Gasteiger partial charge in [-0.05, 0) is 23.1 Å². The number of esters is 1. The second kappa shape index (κ2) is 3.98. The number of rotatable bonds is 2. The highest BCUT2D eigenvalue weighted by Gasteiger charge is 2.18. The Morgan fingerprint density at radius 1 is 1.44 bits per heavy atom. The second-order valence-corrected chi connectivity index (χ2v) is 3.67. The first-order chi connectivity index (χ1) is 7.63. The van der Waals surface area contributed by atoms with Crippen molar-refractivity contribution in [3.8, 4) is 0 Å². The van der Waals surface area contributed by atoms with Gasteiger partial charge in [0.2, 0.25) is 0 Å². The molecule has 0 saturated carbocycles. The zero-order valence-electron chi connectivity index (χ0n) is 9.18. The van der Waals surface area contributed by atoms with Crippen LogP contribution in [0.5, 0.6) is 0 Å². The molecule has 0 radical (unpaired) electrons. The van der Waals surface area contributed by atoms with Crippen molar-refractivity contribution in [1.29, 1.82) is 0 Å². The molecule has 0 fully saturated rings. The first-order valence-electron chi connectivity index (χ1n) is 4.94. The van der Waals surface area contributed by atoms with Gasteiger partial charge in [0.15, 0.2) is 6.10 Å². The molecule has 0 saturated heterocycles. The van der Waals surface area contributed by atoms with Crippen LogP contribution in [0.2, 0.25) is 0 Å². The molecular weight excluding hydrogens is 206 g/mol. The molecule has 0 amide bonds. The minimum Gasteiger partial charge on any atom is -0.467 e. The lowest BCUT2D eigenvalue weighted by molar-refractivity contribution is -0.150. The molecule has 84 valence electrons. The first-order valence-corrected chi connectivity index (χ1v) is 4.94. The number of carbonyl (C=O) groups is 1. The number of carbonyl (C=O) groups excluding carboxylic acids is 1. The summed E-state index contributed by atoms with van der Waals surface area (Å²) in [5.74, 6) is -0.645. The Balaban J connectivity index is 2.45. The van der Waals surface area contributed by atoms with Gasteiger partial charge < -0.3 is 14.4 Å². The van der Waals surface area contributed by atoms with Crippen LogP contribution in [0.1, 0.15) is 11.7 Å². The molecule has 16 heavy (non-hydrogen) atoms. The van der Waals surface area contributed by atoms with E-state index < -0.39 is 12.1 Å². The number of hydrogen-bond acceptors (Lipinski definition) is 3. The molecule has 1 aromatic heterocycles. The number of benzene rings is 1.